The van der Waals surface area contributed by atoms with Gasteiger partial charge in [0.2, 0.25) is 0 Å². The molecule has 0 saturated carbocycles. The normalized spacial score (nSPS) is 14.4. The highest BCUT2D eigenvalue weighted by Crippen LogP contribution is 2.45. The van der Waals surface area contributed by atoms with Gasteiger partial charge in [0.15, 0.2) is 12.2 Å². The Morgan fingerprint density at radius 2 is 0.590 bits per heavy atom. The van der Waals surface area contributed by atoms with Crippen molar-refractivity contribution in [2.45, 2.75) is 310 Å². The first-order chi connectivity index (χ1) is 37.5. The van der Waals surface area contributed by atoms with E-state index in [-0.39, 0.29) is 25.7 Å². The third-order valence-corrected chi connectivity index (χ3v) is 15.4. The van der Waals surface area contributed by atoms with E-state index in [1.165, 1.54) is 109 Å². The summed E-state index contributed by atoms with van der Waals surface area (Å²) in [5.74, 6) is -1.43. The van der Waals surface area contributed by atoms with Crippen LogP contribution in [0.25, 0.3) is 0 Å². The van der Waals surface area contributed by atoms with Gasteiger partial charge in [-0.05, 0) is 31.6 Å². The molecule has 78 heavy (non-hydrogen) atoms. The summed E-state index contributed by atoms with van der Waals surface area (Å²) in [7, 11) is -9.87. The van der Waals surface area contributed by atoms with Crippen molar-refractivity contribution in [3.05, 3.63) is 0 Å². The molecule has 0 aliphatic rings. The summed E-state index contributed by atoms with van der Waals surface area (Å²) in [6.45, 7) is 7.06. The lowest BCUT2D eigenvalue weighted by atomic mass is 10.0. The number of ether oxygens (including phenoxy) is 4. The monoisotopic (exact) mass is 1160 g/mol. The van der Waals surface area contributed by atoms with E-state index in [9.17, 15) is 43.2 Å². The van der Waals surface area contributed by atoms with E-state index in [0.717, 1.165) is 102 Å². The molecule has 0 aliphatic carbocycles. The summed E-state index contributed by atoms with van der Waals surface area (Å²) in [4.78, 5) is 71.8. The minimum atomic E-state index is -4.94. The Bertz CT molecular complexity index is 1530. The Balaban J connectivity index is 5.22. The number of hydrogen-bond donors (Lipinski definition) is 3. The van der Waals surface area contributed by atoms with Crippen LogP contribution in [0.15, 0.2) is 0 Å². The van der Waals surface area contributed by atoms with Crippen LogP contribution < -0.4 is 0 Å². The van der Waals surface area contributed by atoms with Gasteiger partial charge in [0.05, 0.1) is 26.4 Å². The van der Waals surface area contributed by atoms with Crippen LogP contribution in [-0.2, 0) is 65.4 Å². The molecule has 0 aliphatic heterocycles. The first-order valence-electron chi connectivity index (χ1n) is 31.1. The van der Waals surface area contributed by atoms with Crippen LogP contribution in [0.4, 0.5) is 0 Å². The average molecular weight is 1160 g/mol. The van der Waals surface area contributed by atoms with Gasteiger partial charge in [-0.3, -0.25) is 37.3 Å². The molecule has 0 amide bonds. The number of esters is 4. The zero-order valence-corrected chi connectivity index (χ0v) is 51.6. The van der Waals surface area contributed by atoms with Gasteiger partial charge in [0.25, 0.3) is 0 Å². The second kappa shape index (κ2) is 53.1. The number of carbonyl (C=O) groups excluding carboxylic acids is 4. The topological polar surface area (TPSA) is 237 Å². The van der Waals surface area contributed by atoms with Crippen LogP contribution in [0.2, 0.25) is 0 Å². The average Bonchev–Trinajstić information content (AvgIpc) is 3.40. The summed E-state index contributed by atoms with van der Waals surface area (Å²) in [5.41, 5.74) is 0. The van der Waals surface area contributed by atoms with Crippen LogP contribution in [0.3, 0.4) is 0 Å². The number of hydrogen-bond acceptors (Lipinski definition) is 15. The minimum Gasteiger partial charge on any atom is -0.462 e. The molecular formula is C59H114O17P2. The van der Waals surface area contributed by atoms with Gasteiger partial charge in [-0.25, -0.2) is 9.13 Å². The lowest BCUT2D eigenvalue weighted by molar-refractivity contribution is -0.161. The predicted molar refractivity (Wildman–Crippen MR) is 308 cm³/mol. The molecule has 19 heteroatoms. The summed E-state index contributed by atoms with van der Waals surface area (Å²) in [6.07, 6.45) is 34.9. The molecule has 0 saturated heterocycles. The fourth-order valence-electron chi connectivity index (χ4n) is 8.70. The van der Waals surface area contributed by atoms with E-state index in [0.29, 0.717) is 25.7 Å². The molecule has 3 N–H and O–H groups in total. The molecule has 0 spiro atoms. The van der Waals surface area contributed by atoms with E-state index in [4.69, 9.17) is 37.0 Å². The lowest BCUT2D eigenvalue weighted by Crippen LogP contribution is -2.30. The van der Waals surface area contributed by atoms with Gasteiger partial charge >= 0.3 is 39.5 Å². The van der Waals surface area contributed by atoms with Crippen molar-refractivity contribution in [3.63, 3.8) is 0 Å². The maximum Gasteiger partial charge on any atom is 0.472 e. The Labute approximate surface area is 473 Å². The Morgan fingerprint density at radius 3 is 0.872 bits per heavy atom. The fourth-order valence-corrected chi connectivity index (χ4v) is 10.3. The van der Waals surface area contributed by atoms with E-state index in [2.05, 4.69) is 34.6 Å². The van der Waals surface area contributed by atoms with E-state index in [1.807, 2.05) is 0 Å². The molecule has 5 atom stereocenters. The van der Waals surface area contributed by atoms with Gasteiger partial charge in [-0.1, -0.05) is 240 Å². The van der Waals surface area contributed by atoms with Gasteiger partial charge in [-0.2, -0.15) is 0 Å². The molecular weight excluding hydrogens is 1040 g/mol. The molecule has 0 heterocycles. The first-order valence-corrected chi connectivity index (χ1v) is 34.1. The number of aliphatic hydroxyl groups excluding tert-OH is 1. The second-order valence-electron chi connectivity index (χ2n) is 21.9. The molecule has 0 aromatic rings. The Hall–Kier alpha value is -1.94. The summed E-state index contributed by atoms with van der Waals surface area (Å²) in [6, 6.07) is 0. The van der Waals surface area contributed by atoms with Crippen LogP contribution in [-0.4, -0.2) is 96.7 Å². The van der Waals surface area contributed by atoms with Crippen molar-refractivity contribution in [1.29, 1.82) is 0 Å². The SMILES string of the molecule is CCCCCCCCCCCCC(=O)OC[C@H](COP(=O)(O)OC[C@@H](O)COP(=O)(O)OC[C@@H](COC(=O)CCCCCCCCCC)OC(=O)CCCCCCCCCCC)OC(=O)CCCCCCCCCCC(C)C. The van der Waals surface area contributed by atoms with Gasteiger partial charge in [-0.15, -0.1) is 0 Å². The number of phosphoric acid groups is 2. The zero-order valence-electron chi connectivity index (χ0n) is 49.8. The van der Waals surface area contributed by atoms with Crippen LogP contribution >= 0.6 is 15.6 Å². The van der Waals surface area contributed by atoms with Crippen molar-refractivity contribution in [3.8, 4) is 0 Å². The quantitative estimate of drug-likeness (QED) is 0.0222. The molecule has 2 unspecified atom stereocenters. The van der Waals surface area contributed by atoms with Crippen LogP contribution in [0, 0.1) is 5.92 Å². The number of carbonyl (C=O) groups is 4. The highest BCUT2D eigenvalue weighted by Gasteiger charge is 2.30. The van der Waals surface area contributed by atoms with Crippen LogP contribution in [0.1, 0.15) is 291 Å². The van der Waals surface area contributed by atoms with Crippen molar-refractivity contribution in [2.24, 2.45) is 5.92 Å². The number of phosphoric ester groups is 2. The van der Waals surface area contributed by atoms with E-state index in [1.54, 1.807) is 0 Å². The number of unbranched alkanes of at least 4 members (excludes halogenated alkanes) is 31. The highest BCUT2D eigenvalue weighted by molar-refractivity contribution is 7.47. The Kier molecular flexibility index (Phi) is 51.8. The van der Waals surface area contributed by atoms with Gasteiger partial charge in [0.1, 0.15) is 19.3 Å². The number of aliphatic hydroxyl groups is 1. The first kappa shape index (κ1) is 76.1. The van der Waals surface area contributed by atoms with Crippen molar-refractivity contribution in [1.82, 2.24) is 0 Å². The van der Waals surface area contributed by atoms with Crippen molar-refractivity contribution < 1.29 is 80.2 Å². The van der Waals surface area contributed by atoms with Crippen LogP contribution in [0.5, 0.6) is 0 Å². The fraction of sp³-hybridized carbons (Fsp3) is 0.932. The van der Waals surface area contributed by atoms with Crippen molar-refractivity contribution >= 4 is 39.5 Å². The molecule has 0 bridgehead atoms. The molecule has 0 rings (SSSR count). The maximum atomic E-state index is 12.9. The summed E-state index contributed by atoms with van der Waals surface area (Å²) >= 11 is 0. The van der Waals surface area contributed by atoms with E-state index < -0.39 is 97.5 Å². The largest absolute Gasteiger partial charge is 0.472 e. The maximum absolute atomic E-state index is 12.9. The molecule has 462 valence electrons. The molecule has 17 nitrogen and oxygen atoms in total. The number of rotatable bonds is 59. The van der Waals surface area contributed by atoms with Gasteiger partial charge < -0.3 is 33.8 Å². The highest BCUT2D eigenvalue weighted by atomic mass is 31.2. The third-order valence-electron chi connectivity index (χ3n) is 13.5. The molecule has 0 aromatic carbocycles. The Morgan fingerprint density at radius 1 is 0.346 bits per heavy atom. The summed E-state index contributed by atoms with van der Waals surface area (Å²) in [5, 5.41) is 10.5. The molecule has 0 aromatic heterocycles. The van der Waals surface area contributed by atoms with Crippen molar-refractivity contribution in [2.75, 3.05) is 39.6 Å². The smallest absolute Gasteiger partial charge is 0.462 e. The molecule has 0 fully saturated rings. The lowest BCUT2D eigenvalue weighted by Gasteiger charge is -2.21. The third kappa shape index (κ3) is 53.4. The molecule has 0 radical (unpaired) electrons. The zero-order chi connectivity index (χ0) is 57.8. The van der Waals surface area contributed by atoms with Gasteiger partial charge in [0, 0.05) is 25.7 Å². The predicted octanol–water partition coefficient (Wildman–Crippen LogP) is 15.8. The standard InChI is InChI=1S/C59H114O17P2/c1-6-9-12-15-18-21-23-28-33-38-43-57(62)70-49-55(76-59(64)45-40-35-30-25-24-26-31-36-41-52(4)5)51-74-78(67,68)72-47-53(60)46-71-77(65,66)73-50-54(48-69-56(61)42-37-32-27-20-17-14-11-8-3)75-58(63)44-39-34-29-22-19-16-13-10-7-2/h52-55,60H,6-51H2,1-5H3,(H,65,66)(H,67,68)/t53-,54+,55+/m0/s1. The minimum absolute atomic E-state index is 0.105. The second-order valence-corrected chi connectivity index (χ2v) is 24.8. The van der Waals surface area contributed by atoms with E-state index >= 15 is 0 Å². The summed E-state index contributed by atoms with van der Waals surface area (Å²) < 4.78 is 67.7.